The van der Waals surface area contributed by atoms with E-state index in [0.717, 1.165) is 13.1 Å². The average molecular weight is 426 g/mol. The van der Waals surface area contributed by atoms with Gasteiger partial charge in [-0.2, -0.15) is 0 Å². The lowest BCUT2D eigenvalue weighted by Gasteiger charge is -2.23. The van der Waals surface area contributed by atoms with Gasteiger partial charge in [0.1, 0.15) is 0 Å². The number of benzene rings is 1. The zero-order valence-corrected chi connectivity index (χ0v) is 15.9. The Morgan fingerprint density at radius 2 is 1.91 bits per heavy atom. The maximum Gasteiger partial charge on any atom is 0.189 e. The van der Waals surface area contributed by atoms with Gasteiger partial charge in [-0.3, -0.25) is 0 Å². The Morgan fingerprint density at radius 1 is 1.17 bits per heavy atom. The lowest BCUT2D eigenvalue weighted by molar-refractivity contribution is 0.412. The van der Waals surface area contributed by atoms with E-state index >= 15 is 0 Å². The monoisotopic (exact) mass is 426 g/mol. The summed E-state index contributed by atoms with van der Waals surface area (Å²) in [7, 11) is 0. The molecule has 2 aliphatic rings. The number of nitrogens with zero attached hydrogens (tertiary/aromatic N) is 2. The second-order valence-corrected chi connectivity index (χ2v) is 6.23. The maximum atomic E-state index is 6.03. The van der Waals surface area contributed by atoms with Crippen LogP contribution in [-0.4, -0.2) is 25.1 Å². The zero-order valence-electron chi connectivity index (χ0n) is 13.6. The molecule has 0 atom stereocenters. The van der Waals surface area contributed by atoms with E-state index in [1.807, 2.05) is 0 Å². The average Bonchev–Trinajstić information content (AvgIpc) is 3.09. The van der Waals surface area contributed by atoms with E-state index in [0.29, 0.717) is 18.5 Å². The number of guanidine groups is 1. The number of nitrogens with two attached hydrogens (primary N) is 1. The molecule has 1 fully saturated rings. The van der Waals surface area contributed by atoms with Crippen molar-refractivity contribution >= 4 is 35.6 Å². The molecule has 0 unspecified atom stereocenters. The predicted molar refractivity (Wildman–Crippen MR) is 109 cm³/mol. The third kappa shape index (κ3) is 5.41. The van der Waals surface area contributed by atoms with Crippen LogP contribution in [0.4, 0.5) is 5.69 Å². The first kappa shape index (κ1) is 18.1. The topological polar surface area (TPSA) is 53.6 Å². The third-order valence-corrected chi connectivity index (χ3v) is 4.48. The molecule has 3 rings (SSSR count). The van der Waals surface area contributed by atoms with Gasteiger partial charge in [0, 0.05) is 24.8 Å². The summed E-state index contributed by atoms with van der Waals surface area (Å²) in [5, 5.41) is 3.37. The predicted octanol–water partition coefficient (Wildman–Crippen LogP) is 3.42. The van der Waals surface area contributed by atoms with E-state index < -0.39 is 0 Å². The van der Waals surface area contributed by atoms with Crippen LogP contribution in [0, 0.1) is 0 Å². The number of halogens is 1. The molecule has 1 heterocycles. The SMILES string of the molecule is I.NC(=NCc1cccc(N2CC=CC2)c1)NC1CCCCC1. The number of rotatable bonds is 4. The van der Waals surface area contributed by atoms with Gasteiger partial charge in [-0.05, 0) is 30.5 Å². The van der Waals surface area contributed by atoms with Gasteiger partial charge in [0.15, 0.2) is 5.96 Å². The van der Waals surface area contributed by atoms with Crippen LogP contribution in [-0.2, 0) is 6.54 Å². The summed E-state index contributed by atoms with van der Waals surface area (Å²) in [6.07, 6.45) is 10.8. The molecule has 4 nitrogen and oxygen atoms in total. The van der Waals surface area contributed by atoms with Crippen LogP contribution in [0.25, 0.3) is 0 Å². The van der Waals surface area contributed by atoms with Gasteiger partial charge in [-0.1, -0.05) is 43.5 Å². The Balaban J connectivity index is 0.00000192. The first-order valence-electron chi connectivity index (χ1n) is 8.36. The fraction of sp³-hybridized carbons (Fsp3) is 0.500. The lowest BCUT2D eigenvalue weighted by Crippen LogP contribution is -2.41. The molecule has 1 aliphatic carbocycles. The van der Waals surface area contributed by atoms with Crippen LogP contribution in [0.5, 0.6) is 0 Å². The molecule has 0 radical (unpaired) electrons. The highest BCUT2D eigenvalue weighted by molar-refractivity contribution is 14.0. The third-order valence-electron chi connectivity index (χ3n) is 4.48. The van der Waals surface area contributed by atoms with Gasteiger partial charge in [-0.15, -0.1) is 24.0 Å². The van der Waals surface area contributed by atoms with Gasteiger partial charge in [0.25, 0.3) is 0 Å². The molecule has 5 heteroatoms. The smallest absolute Gasteiger partial charge is 0.189 e. The number of hydrogen-bond donors (Lipinski definition) is 2. The summed E-state index contributed by atoms with van der Waals surface area (Å²) < 4.78 is 0. The molecule has 0 saturated heterocycles. The normalized spacial score (nSPS) is 18.8. The minimum atomic E-state index is 0. The molecular weight excluding hydrogens is 399 g/mol. The second kappa shape index (κ2) is 9.15. The van der Waals surface area contributed by atoms with Gasteiger partial charge in [-0.25, -0.2) is 4.99 Å². The molecule has 0 spiro atoms. The van der Waals surface area contributed by atoms with Crippen LogP contribution in [0.1, 0.15) is 37.7 Å². The fourth-order valence-electron chi connectivity index (χ4n) is 3.22. The molecule has 1 saturated carbocycles. The Bertz CT molecular complexity index is 542. The van der Waals surface area contributed by atoms with E-state index in [4.69, 9.17) is 5.73 Å². The Labute approximate surface area is 156 Å². The summed E-state index contributed by atoms with van der Waals surface area (Å²) in [5.74, 6) is 0.583. The summed E-state index contributed by atoms with van der Waals surface area (Å²) in [4.78, 5) is 6.85. The highest BCUT2D eigenvalue weighted by Crippen LogP contribution is 2.19. The summed E-state index contributed by atoms with van der Waals surface area (Å²) in [6, 6.07) is 9.10. The highest BCUT2D eigenvalue weighted by atomic mass is 127. The molecule has 23 heavy (non-hydrogen) atoms. The number of anilines is 1. The molecule has 0 bridgehead atoms. The summed E-state index contributed by atoms with van der Waals surface area (Å²) in [5.41, 5.74) is 8.50. The summed E-state index contributed by atoms with van der Waals surface area (Å²) >= 11 is 0. The summed E-state index contributed by atoms with van der Waals surface area (Å²) in [6.45, 7) is 2.64. The highest BCUT2D eigenvalue weighted by Gasteiger charge is 2.13. The minimum Gasteiger partial charge on any atom is -0.370 e. The van der Waals surface area contributed by atoms with Gasteiger partial charge < -0.3 is 16.0 Å². The quantitative estimate of drug-likeness (QED) is 0.336. The van der Waals surface area contributed by atoms with Crippen molar-refractivity contribution in [3.63, 3.8) is 0 Å². The Morgan fingerprint density at radius 3 is 2.65 bits per heavy atom. The number of hydrogen-bond acceptors (Lipinski definition) is 2. The largest absolute Gasteiger partial charge is 0.370 e. The Hall–Kier alpha value is -1.24. The van der Waals surface area contributed by atoms with Crippen molar-refractivity contribution in [2.75, 3.05) is 18.0 Å². The van der Waals surface area contributed by atoms with E-state index in [1.54, 1.807) is 0 Å². The molecule has 3 N–H and O–H groups in total. The molecule has 1 aliphatic heterocycles. The Kier molecular flexibility index (Phi) is 7.20. The van der Waals surface area contributed by atoms with Crippen molar-refractivity contribution in [2.45, 2.75) is 44.7 Å². The number of aliphatic imine (C=N–C) groups is 1. The lowest BCUT2D eigenvalue weighted by atomic mass is 9.96. The minimum absolute atomic E-state index is 0. The van der Waals surface area contributed by atoms with Crippen molar-refractivity contribution in [3.8, 4) is 0 Å². The van der Waals surface area contributed by atoms with Crippen molar-refractivity contribution in [1.29, 1.82) is 0 Å². The molecule has 0 amide bonds. The standard InChI is InChI=1S/C18H26N4.HI/c19-18(21-16-8-2-1-3-9-16)20-14-15-7-6-10-17(13-15)22-11-4-5-12-22;/h4-7,10,13,16H,1-3,8-9,11-12,14H2,(H3,19,20,21);1H. The van der Waals surface area contributed by atoms with Crippen LogP contribution in [0.3, 0.4) is 0 Å². The molecule has 1 aromatic rings. The molecular formula is C18H27IN4. The van der Waals surface area contributed by atoms with E-state index in [-0.39, 0.29) is 24.0 Å². The van der Waals surface area contributed by atoms with Crippen LogP contribution >= 0.6 is 24.0 Å². The fourth-order valence-corrected chi connectivity index (χ4v) is 3.22. The van der Waals surface area contributed by atoms with Crippen LogP contribution in [0.15, 0.2) is 41.4 Å². The van der Waals surface area contributed by atoms with Gasteiger partial charge in [0.05, 0.1) is 6.54 Å². The first-order valence-corrected chi connectivity index (χ1v) is 8.36. The molecule has 0 aromatic heterocycles. The second-order valence-electron chi connectivity index (χ2n) is 6.23. The van der Waals surface area contributed by atoms with E-state index in [1.165, 1.54) is 43.4 Å². The molecule has 126 valence electrons. The van der Waals surface area contributed by atoms with Crippen molar-refractivity contribution in [2.24, 2.45) is 10.7 Å². The van der Waals surface area contributed by atoms with E-state index in [2.05, 4.69) is 51.6 Å². The molecule has 1 aromatic carbocycles. The number of nitrogens with one attached hydrogen (secondary N) is 1. The van der Waals surface area contributed by atoms with Crippen molar-refractivity contribution < 1.29 is 0 Å². The van der Waals surface area contributed by atoms with Crippen molar-refractivity contribution in [1.82, 2.24) is 5.32 Å². The van der Waals surface area contributed by atoms with Crippen molar-refractivity contribution in [3.05, 3.63) is 42.0 Å². The van der Waals surface area contributed by atoms with Crippen LogP contribution < -0.4 is 16.0 Å². The van der Waals surface area contributed by atoms with E-state index in [9.17, 15) is 0 Å². The van der Waals surface area contributed by atoms with Gasteiger partial charge in [0.2, 0.25) is 0 Å². The van der Waals surface area contributed by atoms with Gasteiger partial charge >= 0.3 is 0 Å². The van der Waals surface area contributed by atoms with Crippen LogP contribution in [0.2, 0.25) is 0 Å². The first-order chi connectivity index (χ1) is 10.8. The zero-order chi connectivity index (χ0) is 15.2. The maximum absolute atomic E-state index is 6.03.